The van der Waals surface area contributed by atoms with E-state index in [0.717, 1.165) is 18.8 Å². The minimum absolute atomic E-state index is 0.180. The minimum atomic E-state index is -0.180. The van der Waals surface area contributed by atoms with Gasteiger partial charge in [0.2, 0.25) is 0 Å². The molecule has 2 bridgehead atoms. The topological polar surface area (TPSA) is 26.3 Å². The van der Waals surface area contributed by atoms with Gasteiger partial charge in [-0.2, -0.15) is 0 Å². The van der Waals surface area contributed by atoms with Gasteiger partial charge in [-0.1, -0.05) is 31.6 Å². The van der Waals surface area contributed by atoms with E-state index < -0.39 is 0 Å². The Morgan fingerprint density at radius 2 is 2.31 bits per heavy atom. The molecule has 16 heavy (non-hydrogen) atoms. The number of ether oxygens (including phenoxy) is 1. The lowest BCUT2D eigenvalue weighted by atomic mass is 9.93. The van der Waals surface area contributed by atoms with Gasteiger partial charge in [-0.25, -0.2) is 4.79 Å². The molecule has 0 aromatic heterocycles. The van der Waals surface area contributed by atoms with Crippen LogP contribution >= 0.6 is 0 Å². The van der Waals surface area contributed by atoms with Gasteiger partial charge in [-0.3, -0.25) is 0 Å². The monoisotopic (exact) mass is 220 g/mol. The molecule has 1 fully saturated rings. The molecule has 2 rings (SSSR count). The van der Waals surface area contributed by atoms with E-state index in [2.05, 4.69) is 19.1 Å². The van der Waals surface area contributed by atoms with Gasteiger partial charge in [0.25, 0.3) is 0 Å². The highest BCUT2D eigenvalue weighted by atomic mass is 16.5. The lowest BCUT2D eigenvalue weighted by Crippen LogP contribution is -2.06. The number of allylic oxidation sites excluding steroid dienone is 3. The van der Waals surface area contributed by atoms with Crippen LogP contribution in [0.3, 0.4) is 0 Å². The van der Waals surface area contributed by atoms with Gasteiger partial charge in [0.1, 0.15) is 0 Å². The highest BCUT2D eigenvalue weighted by molar-refractivity contribution is 5.81. The van der Waals surface area contributed by atoms with Gasteiger partial charge in [0.05, 0.1) is 6.61 Å². The third-order valence-corrected chi connectivity index (χ3v) is 3.55. The zero-order chi connectivity index (χ0) is 11.4. The number of rotatable bonds is 5. The summed E-state index contributed by atoms with van der Waals surface area (Å²) in [5, 5.41) is 0. The summed E-state index contributed by atoms with van der Waals surface area (Å²) in [4.78, 5) is 11.4. The molecule has 0 radical (unpaired) electrons. The summed E-state index contributed by atoms with van der Waals surface area (Å²) < 4.78 is 5.08. The van der Waals surface area contributed by atoms with E-state index in [1.165, 1.54) is 12.8 Å². The predicted octanol–water partition coefficient (Wildman–Crippen LogP) is 3.10. The first-order valence-corrected chi connectivity index (χ1v) is 6.33. The first-order chi connectivity index (χ1) is 7.79. The molecule has 3 unspecified atom stereocenters. The van der Waals surface area contributed by atoms with Crippen molar-refractivity contribution in [2.24, 2.45) is 17.8 Å². The van der Waals surface area contributed by atoms with Crippen LogP contribution in [0.2, 0.25) is 0 Å². The van der Waals surface area contributed by atoms with E-state index in [1.807, 2.05) is 6.08 Å². The fraction of sp³-hybridized carbons (Fsp3) is 0.643. The summed E-state index contributed by atoms with van der Waals surface area (Å²) in [6.45, 7) is 2.64. The Kier molecular flexibility index (Phi) is 3.81. The Labute approximate surface area is 97.4 Å². The highest BCUT2D eigenvalue weighted by Crippen LogP contribution is 2.43. The average molecular weight is 220 g/mol. The van der Waals surface area contributed by atoms with Crippen LogP contribution in [0.1, 0.15) is 32.6 Å². The summed E-state index contributed by atoms with van der Waals surface area (Å²) in [7, 11) is 0. The van der Waals surface area contributed by atoms with E-state index in [-0.39, 0.29) is 5.97 Å². The number of hydrogen-bond acceptors (Lipinski definition) is 2. The van der Waals surface area contributed by atoms with E-state index >= 15 is 0 Å². The summed E-state index contributed by atoms with van der Waals surface area (Å²) in [5.41, 5.74) is 0. The predicted molar refractivity (Wildman–Crippen MR) is 63.9 cm³/mol. The van der Waals surface area contributed by atoms with Crippen LogP contribution in [0, 0.1) is 17.8 Å². The molecule has 2 heteroatoms. The quantitative estimate of drug-likeness (QED) is 0.308. The maximum atomic E-state index is 11.4. The number of fused-ring (bicyclic) bond motifs is 2. The molecule has 0 aromatic carbocycles. The number of carbonyl (C=O) groups is 1. The van der Waals surface area contributed by atoms with Crippen molar-refractivity contribution in [1.82, 2.24) is 0 Å². The Hall–Kier alpha value is -1.05. The second-order valence-corrected chi connectivity index (χ2v) is 4.82. The zero-order valence-electron chi connectivity index (χ0n) is 9.89. The van der Waals surface area contributed by atoms with E-state index in [1.54, 1.807) is 6.08 Å². The Morgan fingerprint density at radius 3 is 2.94 bits per heavy atom. The first kappa shape index (κ1) is 11.4. The summed E-state index contributed by atoms with van der Waals surface area (Å²) in [5.74, 6) is 1.81. The van der Waals surface area contributed by atoms with Crippen LogP contribution in [0.4, 0.5) is 0 Å². The van der Waals surface area contributed by atoms with Crippen LogP contribution < -0.4 is 0 Å². The number of unbranched alkanes of at least 4 members (excludes halogenated alkanes) is 1. The van der Waals surface area contributed by atoms with Crippen LogP contribution in [-0.2, 0) is 9.53 Å². The van der Waals surface area contributed by atoms with Gasteiger partial charge in [0, 0.05) is 6.08 Å². The lowest BCUT2D eigenvalue weighted by Gasteiger charge is -2.12. The van der Waals surface area contributed by atoms with Crippen molar-refractivity contribution in [1.29, 1.82) is 0 Å². The maximum absolute atomic E-state index is 11.4. The minimum Gasteiger partial charge on any atom is -0.463 e. The van der Waals surface area contributed by atoms with Crippen LogP contribution in [0.25, 0.3) is 0 Å². The largest absolute Gasteiger partial charge is 0.463 e. The van der Waals surface area contributed by atoms with E-state index in [4.69, 9.17) is 4.74 Å². The lowest BCUT2D eigenvalue weighted by molar-refractivity contribution is -0.137. The van der Waals surface area contributed by atoms with Crippen molar-refractivity contribution >= 4 is 5.97 Å². The standard InChI is InChI=1S/C14H20O2/c1-2-3-8-16-14(15)7-6-13-10-11-4-5-12(13)9-11/h4-7,11-13H,2-3,8-10H2,1H3/b7-6+. The van der Waals surface area contributed by atoms with Gasteiger partial charge in [0.15, 0.2) is 0 Å². The molecule has 0 spiro atoms. The van der Waals surface area contributed by atoms with Crippen molar-refractivity contribution in [3.63, 3.8) is 0 Å². The first-order valence-electron chi connectivity index (χ1n) is 6.33. The van der Waals surface area contributed by atoms with Crippen LogP contribution in [0.5, 0.6) is 0 Å². The number of carbonyl (C=O) groups excluding carboxylic acids is 1. The van der Waals surface area contributed by atoms with Crippen molar-refractivity contribution < 1.29 is 9.53 Å². The van der Waals surface area contributed by atoms with Gasteiger partial charge in [-0.05, 0) is 37.0 Å². The molecule has 0 heterocycles. The molecule has 88 valence electrons. The number of hydrogen-bond donors (Lipinski definition) is 0. The molecular formula is C14H20O2. The summed E-state index contributed by atoms with van der Waals surface area (Å²) in [6.07, 6.45) is 12.8. The second kappa shape index (κ2) is 5.33. The zero-order valence-corrected chi connectivity index (χ0v) is 9.89. The average Bonchev–Trinajstić information content (AvgIpc) is 2.88. The normalized spacial score (nSPS) is 31.4. The molecule has 0 aromatic rings. The van der Waals surface area contributed by atoms with Gasteiger partial charge in [-0.15, -0.1) is 0 Å². The Morgan fingerprint density at radius 1 is 1.44 bits per heavy atom. The maximum Gasteiger partial charge on any atom is 0.330 e. The smallest absolute Gasteiger partial charge is 0.330 e. The van der Waals surface area contributed by atoms with Crippen molar-refractivity contribution in [3.8, 4) is 0 Å². The van der Waals surface area contributed by atoms with Crippen molar-refractivity contribution in [2.45, 2.75) is 32.6 Å². The molecule has 0 aliphatic heterocycles. The molecule has 2 nitrogen and oxygen atoms in total. The summed E-state index contributed by atoms with van der Waals surface area (Å²) in [6, 6.07) is 0. The van der Waals surface area contributed by atoms with Gasteiger partial charge >= 0.3 is 5.97 Å². The van der Waals surface area contributed by atoms with Crippen LogP contribution in [-0.4, -0.2) is 12.6 Å². The van der Waals surface area contributed by atoms with Crippen molar-refractivity contribution in [3.05, 3.63) is 24.3 Å². The Bertz CT molecular complexity index is 304. The second-order valence-electron chi connectivity index (χ2n) is 4.82. The number of esters is 1. The molecule has 2 aliphatic rings. The molecule has 3 atom stereocenters. The summed E-state index contributed by atoms with van der Waals surface area (Å²) >= 11 is 0. The highest BCUT2D eigenvalue weighted by Gasteiger charge is 2.33. The third kappa shape index (κ3) is 2.75. The third-order valence-electron chi connectivity index (χ3n) is 3.55. The van der Waals surface area contributed by atoms with Crippen molar-refractivity contribution in [2.75, 3.05) is 6.61 Å². The molecule has 0 N–H and O–H groups in total. The fourth-order valence-corrected chi connectivity index (χ4v) is 2.61. The van der Waals surface area contributed by atoms with E-state index in [9.17, 15) is 4.79 Å². The van der Waals surface area contributed by atoms with Crippen LogP contribution in [0.15, 0.2) is 24.3 Å². The van der Waals surface area contributed by atoms with Gasteiger partial charge < -0.3 is 4.74 Å². The SMILES string of the molecule is CCCCOC(=O)/C=C/C1CC2C=CC1C2. The Balaban J connectivity index is 1.72. The molecular weight excluding hydrogens is 200 g/mol. The molecule has 1 saturated carbocycles. The fourth-order valence-electron chi connectivity index (χ4n) is 2.61. The molecule has 0 saturated heterocycles. The molecule has 0 amide bonds. The molecule has 2 aliphatic carbocycles. The van der Waals surface area contributed by atoms with E-state index in [0.29, 0.717) is 18.4 Å².